The summed E-state index contributed by atoms with van der Waals surface area (Å²) in [7, 11) is 1.34. The number of H-pyrrole nitrogens is 1. The SMILES string of the molecule is CC.CCOC(=O)c1ccc[nH+]c1.CCl.COC(=O)C(c1ccccc1)C1CCCCN1C(=O)O. The quantitative estimate of drug-likeness (QED) is 0.447. The minimum absolute atomic E-state index is 0.288. The van der Waals surface area contributed by atoms with Gasteiger partial charge in [-0.2, -0.15) is 0 Å². The van der Waals surface area contributed by atoms with Crippen molar-refractivity contribution in [3.05, 3.63) is 66.0 Å². The van der Waals surface area contributed by atoms with E-state index in [4.69, 9.17) is 9.47 Å². The van der Waals surface area contributed by atoms with Crippen LogP contribution in [-0.4, -0.2) is 60.7 Å². The van der Waals surface area contributed by atoms with Gasteiger partial charge in [0.2, 0.25) is 0 Å². The first kappa shape index (κ1) is 31.9. The second-order valence-electron chi connectivity index (χ2n) is 6.96. The first-order chi connectivity index (χ1) is 17.0. The Morgan fingerprint density at radius 3 is 2.29 bits per heavy atom. The average Bonchev–Trinajstić information content (AvgIpc) is 2.93. The molecule has 9 heteroatoms. The predicted octanol–water partition coefficient (Wildman–Crippen LogP) is 5.03. The molecule has 1 fully saturated rings. The van der Waals surface area contributed by atoms with Gasteiger partial charge in [-0.15, -0.1) is 11.6 Å². The van der Waals surface area contributed by atoms with E-state index in [-0.39, 0.29) is 18.0 Å². The molecule has 35 heavy (non-hydrogen) atoms. The molecule has 0 bridgehead atoms. The highest BCUT2D eigenvalue weighted by atomic mass is 35.5. The number of carbonyl (C=O) groups is 3. The number of aromatic nitrogens is 1. The fraction of sp³-hybridized carbons (Fsp3) is 0.462. The summed E-state index contributed by atoms with van der Waals surface area (Å²) in [5, 5.41) is 9.33. The zero-order valence-corrected chi connectivity index (χ0v) is 22.0. The Hall–Kier alpha value is -3.13. The molecule has 0 radical (unpaired) electrons. The van der Waals surface area contributed by atoms with Crippen molar-refractivity contribution in [1.82, 2.24) is 4.90 Å². The summed E-state index contributed by atoms with van der Waals surface area (Å²) in [5.74, 6) is -1.23. The molecule has 1 aromatic carbocycles. The number of hydrogen-bond acceptors (Lipinski definition) is 5. The number of likely N-dealkylation sites (tertiary alicyclic amines) is 1. The molecule has 0 saturated carbocycles. The number of esters is 2. The molecule has 1 aliphatic rings. The molecular weight excluding hydrogens is 472 g/mol. The van der Waals surface area contributed by atoms with E-state index in [0.29, 0.717) is 25.1 Å². The van der Waals surface area contributed by atoms with Gasteiger partial charge in [-0.05, 0) is 37.8 Å². The van der Waals surface area contributed by atoms with Gasteiger partial charge in [0.1, 0.15) is 11.5 Å². The molecule has 1 aliphatic heterocycles. The maximum atomic E-state index is 12.1. The van der Waals surface area contributed by atoms with E-state index in [1.807, 2.05) is 44.2 Å². The van der Waals surface area contributed by atoms with Gasteiger partial charge >= 0.3 is 18.0 Å². The summed E-state index contributed by atoms with van der Waals surface area (Å²) in [4.78, 5) is 38.7. The van der Waals surface area contributed by atoms with E-state index in [2.05, 4.69) is 16.6 Å². The van der Waals surface area contributed by atoms with Crippen molar-refractivity contribution < 1.29 is 33.9 Å². The lowest BCUT2D eigenvalue weighted by molar-refractivity contribution is -0.378. The monoisotopic (exact) mass is 509 g/mol. The number of carbonyl (C=O) groups excluding carboxylic acids is 2. The van der Waals surface area contributed by atoms with Crippen molar-refractivity contribution in [3.8, 4) is 0 Å². The van der Waals surface area contributed by atoms with Crippen molar-refractivity contribution in [3.63, 3.8) is 0 Å². The normalized spacial score (nSPS) is 14.8. The molecule has 1 saturated heterocycles. The largest absolute Gasteiger partial charge is 0.468 e. The Kier molecular flexibility index (Phi) is 17.5. The summed E-state index contributed by atoms with van der Waals surface area (Å²) < 4.78 is 9.66. The van der Waals surface area contributed by atoms with Gasteiger partial charge in [0, 0.05) is 19.0 Å². The number of methoxy groups -OCH3 is 1. The number of hydrogen-bond donors (Lipinski definition) is 1. The lowest BCUT2D eigenvalue weighted by Gasteiger charge is -2.37. The van der Waals surface area contributed by atoms with Gasteiger partial charge in [-0.1, -0.05) is 44.2 Å². The van der Waals surface area contributed by atoms with Crippen molar-refractivity contribution >= 4 is 29.6 Å². The number of ether oxygens (including phenoxy) is 2. The van der Waals surface area contributed by atoms with Crippen LogP contribution < -0.4 is 4.98 Å². The average molecular weight is 510 g/mol. The molecule has 2 N–H and O–H groups in total. The second-order valence-corrected chi connectivity index (χ2v) is 6.96. The molecule has 0 aliphatic carbocycles. The molecule has 194 valence electrons. The number of piperidine rings is 1. The summed E-state index contributed by atoms with van der Waals surface area (Å²) >= 11 is 4.64. The Morgan fingerprint density at radius 2 is 1.77 bits per heavy atom. The van der Waals surface area contributed by atoms with Gasteiger partial charge < -0.3 is 19.5 Å². The smallest absolute Gasteiger partial charge is 0.407 e. The van der Waals surface area contributed by atoms with Crippen LogP contribution in [0.25, 0.3) is 0 Å². The lowest BCUT2D eigenvalue weighted by atomic mass is 9.85. The zero-order chi connectivity index (χ0) is 26.6. The number of amides is 1. The molecule has 1 aromatic heterocycles. The molecule has 3 rings (SSSR count). The van der Waals surface area contributed by atoms with E-state index in [9.17, 15) is 19.5 Å². The van der Waals surface area contributed by atoms with E-state index in [1.54, 1.807) is 31.5 Å². The number of benzene rings is 1. The third-order valence-corrected chi connectivity index (χ3v) is 5.01. The van der Waals surface area contributed by atoms with E-state index >= 15 is 0 Å². The Balaban J connectivity index is 0.000000652. The van der Waals surface area contributed by atoms with Gasteiger partial charge in [0.05, 0.1) is 19.8 Å². The number of pyridine rings is 1. The zero-order valence-electron chi connectivity index (χ0n) is 21.2. The fourth-order valence-corrected chi connectivity index (χ4v) is 3.58. The number of carboxylic acid groups (broad SMARTS) is 1. The van der Waals surface area contributed by atoms with Crippen LogP contribution in [0.5, 0.6) is 0 Å². The number of halogens is 1. The Bertz CT molecular complexity index is 851. The van der Waals surface area contributed by atoms with E-state index < -0.39 is 12.0 Å². The Labute approximate surface area is 213 Å². The molecule has 2 unspecified atom stereocenters. The summed E-state index contributed by atoms with van der Waals surface area (Å²) in [6, 6.07) is 12.4. The van der Waals surface area contributed by atoms with Crippen LogP contribution in [-0.2, 0) is 14.3 Å². The van der Waals surface area contributed by atoms with Gasteiger partial charge in [0.25, 0.3) is 0 Å². The summed E-state index contributed by atoms with van der Waals surface area (Å²) in [6.45, 7) is 6.67. The van der Waals surface area contributed by atoms with Crippen LogP contribution in [0.2, 0.25) is 0 Å². The van der Waals surface area contributed by atoms with Crippen LogP contribution in [0, 0.1) is 0 Å². The van der Waals surface area contributed by atoms with Crippen molar-refractivity contribution in [2.24, 2.45) is 0 Å². The summed E-state index contributed by atoms with van der Waals surface area (Å²) in [5.41, 5.74) is 1.35. The highest BCUT2D eigenvalue weighted by molar-refractivity contribution is 6.15. The van der Waals surface area contributed by atoms with Crippen LogP contribution in [0.1, 0.15) is 61.9 Å². The first-order valence-electron chi connectivity index (χ1n) is 11.6. The molecule has 8 nitrogen and oxygen atoms in total. The Morgan fingerprint density at radius 1 is 1.11 bits per heavy atom. The molecular formula is C26H38ClN2O6+. The third-order valence-electron chi connectivity index (χ3n) is 5.01. The van der Waals surface area contributed by atoms with Crippen molar-refractivity contribution in [2.75, 3.05) is 26.6 Å². The fourth-order valence-electron chi connectivity index (χ4n) is 3.58. The van der Waals surface area contributed by atoms with Crippen molar-refractivity contribution in [2.45, 2.75) is 52.0 Å². The predicted molar refractivity (Wildman–Crippen MR) is 136 cm³/mol. The number of nitrogens with one attached hydrogen (secondary N) is 1. The maximum absolute atomic E-state index is 12.1. The van der Waals surface area contributed by atoms with Crippen molar-refractivity contribution in [1.29, 1.82) is 0 Å². The number of nitrogens with zero attached hydrogens (tertiary/aromatic N) is 1. The number of aromatic amines is 1. The van der Waals surface area contributed by atoms with Gasteiger partial charge in [-0.25, -0.2) is 14.6 Å². The van der Waals surface area contributed by atoms with Crippen LogP contribution in [0.15, 0.2) is 54.9 Å². The molecule has 2 heterocycles. The number of alkyl halides is 1. The molecule has 0 spiro atoms. The number of rotatable bonds is 5. The minimum Gasteiger partial charge on any atom is -0.468 e. The van der Waals surface area contributed by atoms with Crippen LogP contribution >= 0.6 is 11.6 Å². The van der Waals surface area contributed by atoms with Crippen LogP contribution in [0.4, 0.5) is 4.79 Å². The summed E-state index contributed by atoms with van der Waals surface area (Å²) in [6.07, 6.45) is 6.29. The second kappa shape index (κ2) is 19.2. The standard InChI is InChI=1S/C15H19NO4.C8H9NO2.C2H6.CH3Cl/c1-20-14(17)13(11-7-3-2-4-8-11)12-9-5-6-10-16(12)15(18)19;1-2-11-8(10)7-4-3-5-9-6-7;2*1-2/h2-4,7-8,12-13H,5-6,9-10H2,1H3,(H,18,19);3-6H,2H2,1H3;1-2H3;1H3/p+1. The first-order valence-corrected chi connectivity index (χ1v) is 12.4. The molecule has 1 amide bonds. The molecule has 2 atom stereocenters. The lowest BCUT2D eigenvalue weighted by Crippen LogP contribution is -2.48. The topological polar surface area (TPSA) is 107 Å². The maximum Gasteiger partial charge on any atom is 0.407 e. The minimum atomic E-state index is -0.973. The molecule has 2 aromatic rings. The van der Waals surface area contributed by atoms with Gasteiger partial charge in [-0.3, -0.25) is 4.79 Å². The van der Waals surface area contributed by atoms with E-state index in [0.717, 1.165) is 18.4 Å². The highest BCUT2D eigenvalue weighted by Crippen LogP contribution is 2.31. The third kappa shape index (κ3) is 10.8. The highest BCUT2D eigenvalue weighted by Gasteiger charge is 2.38. The van der Waals surface area contributed by atoms with Crippen LogP contribution in [0.3, 0.4) is 0 Å². The van der Waals surface area contributed by atoms with Gasteiger partial charge in [0.15, 0.2) is 12.4 Å². The van der Waals surface area contributed by atoms with E-state index in [1.165, 1.54) is 18.4 Å².